The summed E-state index contributed by atoms with van der Waals surface area (Å²) < 4.78 is 27.2. The van der Waals surface area contributed by atoms with Crippen molar-refractivity contribution in [1.82, 2.24) is 4.98 Å². The van der Waals surface area contributed by atoms with Crippen LogP contribution in [0.1, 0.15) is 5.69 Å². The third kappa shape index (κ3) is 4.69. The normalized spacial score (nSPS) is 11.3. The Morgan fingerprint density at radius 2 is 2.09 bits per heavy atom. The molecule has 0 aliphatic heterocycles. The Morgan fingerprint density at radius 3 is 2.82 bits per heavy atom. The third-order valence-electron chi connectivity index (χ3n) is 2.99. The van der Waals surface area contributed by atoms with Crippen molar-refractivity contribution in [3.05, 3.63) is 36.0 Å². The fraction of sp³-hybridized carbons (Fsp3) is 0.333. The zero-order valence-electron chi connectivity index (χ0n) is 12.2. The monoisotopic (exact) mass is 319 g/mol. The Hall–Kier alpha value is -2.17. The number of anilines is 1. The van der Waals surface area contributed by atoms with Gasteiger partial charge in [0.1, 0.15) is 21.6 Å². The van der Waals surface area contributed by atoms with Crippen LogP contribution in [0.3, 0.4) is 0 Å². The Balaban J connectivity index is 1.95. The maximum atomic E-state index is 11.0. The van der Waals surface area contributed by atoms with Crippen molar-refractivity contribution in [1.29, 1.82) is 5.26 Å². The van der Waals surface area contributed by atoms with Crippen molar-refractivity contribution in [2.45, 2.75) is 0 Å². The number of fused-ring (bicyclic) bond motifs is 1. The van der Waals surface area contributed by atoms with Crippen molar-refractivity contribution in [3.8, 4) is 6.07 Å². The van der Waals surface area contributed by atoms with Crippen LogP contribution in [0.15, 0.2) is 30.3 Å². The van der Waals surface area contributed by atoms with E-state index in [4.69, 9.17) is 10.00 Å². The lowest BCUT2D eigenvalue weighted by atomic mass is 10.1. The van der Waals surface area contributed by atoms with Crippen molar-refractivity contribution in [2.24, 2.45) is 0 Å². The van der Waals surface area contributed by atoms with Crippen molar-refractivity contribution >= 4 is 26.4 Å². The largest absolute Gasteiger partial charge is 0.382 e. The van der Waals surface area contributed by atoms with E-state index >= 15 is 0 Å². The van der Waals surface area contributed by atoms with Crippen LogP contribution < -0.4 is 5.32 Å². The average Bonchev–Trinajstić information content (AvgIpc) is 2.49. The Bertz CT molecular complexity index is 797. The van der Waals surface area contributed by atoms with E-state index in [9.17, 15) is 8.42 Å². The molecule has 0 amide bonds. The Morgan fingerprint density at radius 1 is 1.32 bits per heavy atom. The smallest absolute Gasteiger partial charge is 0.149 e. The molecule has 0 atom stereocenters. The molecule has 7 heteroatoms. The number of nitriles is 1. The number of benzene rings is 1. The molecule has 0 aliphatic rings. The first-order valence-electron chi connectivity index (χ1n) is 6.79. The maximum Gasteiger partial charge on any atom is 0.149 e. The molecule has 116 valence electrons. The van der Waals surface area contributed by atoms with Crippen LogP contribution in [0.5, 0.6) is 0 Å². The molecule has 0 radical (unpaired) electrons. The van der Waals surface area contributed by atoms with Crippen LogP contribution in [0.25, 0.3) is 10.9 Å². The van der Waals surface area contributed by atoms with E-state index < -0.39 is 9.84 Å². The maximum absolute atomic E-state index is 11.0. The summed E-state index contributed by atoms with van der Waals surface area (Å²) in [7, 11) is -2.99. The molecular formula is C15H17N3O3S. The molecule has 22 heavy (non-hydrogen) atoms. The summed E-state index contributed by atoms with van der Waals surface area (Å²) >= 11 is 0. The first kappa shape index (κ1) is 16.2. The highest BCUT2D eigenvalue weighted by Crippen LogP contribution is 2.22. The van der Waals surface area contributed by atoms with Crippen LogP contribution in [0.4, 0.5) is 5.69 Å². The van der Waals surface area contributed by atoms with Gasteiger partial charge in [0.05, 0.1) is 24.5 Å². The second-order valence-electron chi connectivity index (χ2n) is 4.85. The minimum atomic E-state index is -2.99. The highest BCUT2D eigenvalue weighted by molar-refractivity contribution is 7.90. The van der Waals surface area contributed by atoms with Gasteiger partial charge in [0, 0.05) is 23.9 Å². The van der Waals surface area contributed by atoms with Gasteiger partial charge in [-0.2, -0.15) is 5.26 Å². The fourth-order valence-corrected chi connectivity index (χ4v) is 2.37. The summed E-state index contributed by atoms with van der Waals surface area (Å²) in [5.41, 5.74) is 1.91. The lowest BCUT2D eigenvalue weighted by molar-refractivity contribution is 0.159. The molecule has 1 heterocycles. The molecule has 0 saturated heterocycles. The number of rotatable bonds is 7. The molecule has 0 saturated carbocycles. The molecule has 2 rings (SSSR count). The number of pyridine rings is 1. The van der Waals surface area contributed by atoms with E-state index in [1.807, 2.05) is 30.3 Å². The quantitative estimate of drug-likeness (QED) is 0.779. The van der Waals surface area contributed by atoms with Crippen LogP contribution >= 0.6 is 0 Å². The predicted molar refractivity (Wildman–Crippen MR) is 85.5 cm³/mol. The summed E-state index contributed by atoms with van der Waals surface area (Å²) in [6.07, 6.45) is 1.18. The molecule has 0 aliphatic carbocycles. The number of hydrogen-bond donors (Lipinski definition) is 1. The number of aromatic nitrogens is 1. The molecule has 0 spiro atoms. The first-order valence-corrected chi connectivity index (χ1v) is 8.85. The van der Waals surface area contributed by atoms with E-state index in [0.29, 0.717) is 18.8 Å². The second-order valence-corrected chi connectivity index (χ2v) is 7.11. The van der Waals surface area contributed by atoms with E-state index in [0.717, 1.165) is 16.6 Å². The average molecular weight is 319 g/mol. The topological polar surface area (TPSA) is 92.1 Å². The molecule has 1 aromatic heterocycles. The van der Waals surface area contributed by atoms with Crippen molar-refractivity contribution < 1.29 is 13.2 Å². The van der Waals surface area contributed by atoms with Gasteiger partial charge >= 0.3 is 0 Å². The first-order chi connectivity index (χ1) is 10.5. The fourth-order valence-electron chi connectivity index (χ4n) is 1.95. The van der Waals surface area contributed by atoms with E-state index in [1.165, 1.54) is 6.26 Å². The summed E-state index contributed by atoms with van der Waals surface area (Å²) in [4.78, 5) is 4.24. The molecule has 0 fully saturated rings. The van der Waals surface area contributed by atoms with E-state index in [1.54, 1.807) is 6.07 Å². The summed E-state index contributed by atoms with van der Waals surface area (Å²) in [6, 6.07) is 11.3. The lowest BCUT2D eigenvalue weighted by Gasteiger charge is -2.10. The molecule has 1 N–H and O–H groups in total. The number of ether oxygens (including phenoxy) is 1. The molecule has 1 aromatic carbocycles. The van der Waals surface area contributed by atoms with Gasteiger partial charge in [0.15, 0.2) is 0 Å². The summed E-state index contributed by atoms with van der Waals surface area (Å²) in [6.45, 7) is 1.08. The van der Waals surface area contributed by atoms with Gasteiger partial charge in [-0.05, 0) is 12.1 Å². The number of para-hydroxylation sites is 1. The standard InChI is InChI=1S/C15H17N3O3S/c1-22(19,20)9-8-21-7-6-17-15-10-12(11-16)18-14-5-3-2-4-13(14)15/h2-5,10H,6-9H2,1H3,(H,17,18). The molecule has 0 unspecified atom stereocenters. The van der Waals surface area contributed by atoms with Gasteiger partial charge in [-0.25, -0.2) is 13.4 Å². The van der Waals surface area contributed by atoms with Gasteiger partial charge in [0.25, 0.3) is 0 Å². The van der Waals surface area contributed by atoms with Crippen LogP contribution in [0.2, 0.25) is 0 Å². The van der Waals surface area contributed by atoms with Gasteiger partial charge in [0.2, 0.25) is 0 Å². The lowest BCUT2D eigenvalue weighted by Crippen LogP contribution is -2.15. The van der Waals surface area contributed by atoms with Gasteiger partial charge < -0.3 is 10.1 Å². The number of hydrogen-bond acceptors (Lipinski definition) is 6. The predicted octanol–water partition coefficient (Wildman–Crippen LogP) is 1.58. The molecule has 0 bridgehead atoms. The highest BCUT2D eigenvalue weighted by Gasteiger charge is 2.05. The van der Waals surface area contributed by atoms with E-state index in [2.05, 4.69) is 10.3 Å². The second kappa shape index (κ2) is 7.20. The molecular weight excluding hydrogens is 302 g/mol. The van der Waals surface area contributed by atoms with Crippen LogP contribution in [0, 0.1) is 11.3 Å². The van der Waals surface area contributed by atoms with Crippen LogP contribution in [-0.2, 0) is 14.6 Å². The Kier molecular flexibility index (Phi) is 5.31. The zero-order chi connectivity index (χ0) is 16.0. The van der Waals surface area contributed by atoms with Gasteiger partial charge in [-0.1, -0.05) is 18.2 Å². The summed E-state index contributed by atoms with van der Waals surface area (Å²) in [5, 5.41) is 13.1. The van der Waals surface area contributed by atoms with Crippen molar-refractivity contribution in [3.63, 3.8) is 0 Å². The number of nitrogens with one attached hydrogen (secondary N) is 1. The third-order valence-corrected chi connectivity index (χ3v) is 3.90. The van der Waals surface area contributed by atoms with E-state index in [-0.39, 0.29) is 12.4 Å². The highest BCUT2D eigenvalue weighted by atomic mass is 32.2. The number of sulfone groups is 1. The number of nitrogens with zero attached hydrogens (tertiary/aromatic N) is 2. The van der Waals surface area contributed by atoms with Gasteiger partial charge in [-0.15, -0.1) is 0 Å². The molecule has 2 aromatic rings. The SMILES string of the molecule is CS(=O)(=O)CCOCCNc1cc(C#N)nc2ccccc12. The minimum Gasteiger partial charge on any atom is -0.382 e. The zero-order valence-corrected chi connectivity index (χ0v) is 13.1. The van der Waals surface area contributed by atoms with Crippen molar-refractivity contribution in [2.75, 3.05) is 37.1 Å². The van der Waals surface area contributed by atoms with Gasteiger partial charge in [-0.3, -0.25) is 0 Å². The minimum absolute atomic E-state index is 0.0176. The Labute approximate surface area is 129 Å². The summed E-state index contributed by atoms with van der Waals surface area (Å²) in [5.74, 6) is 0.0176. The molecule has 6 nitrogen and oxygen atoms in total. The van der Waals surface area contributed by atoms with Crippen LogP contribution in [-0.4, -0.2) is 45.2 Å².